The van der Waals surface area contributed by atoms with Crippen molar-refractivity contribution in [1.29, 1.82) is 0 Å². The second-order valence-electron chi connectivity index (χ2n) is 6.05. The Balaban J connectivity index is 1.68. The van der Waals surface area contributed by atoms with Crippen molar-refractivity contribution in [1.82, 2.24) is 0 Å². The predicted molar refractivity (Wildman–Crippen MR) is 81.2 cm³/mol. The molecule has 3 atom stereocenters. The van der Waals surface area contributed by atoms with E-state index in [0.29, 0.717) is 5.92 Å². The van der Waals surface area contributed by atoms with E-state index in [4.69, 9.17) is 10.5 Å². The lowest BCUT2D eigenvalue weighted by Crippen LogP contribution is -2.20. The van der Waals surface area contributed by atoms with Crippen LogP contribution >= 0.6 is 15.9 Å². The third-order valence-electron chi connectivity index (χ3n) is 4.59. The highest BCUT2D eigenvalue weighted by Crippen LogP contribution is 2.56. The lowest BCUT2D eigenvalue weighted by Gasteiger charge is -2.21. The molecule has 19 heavy (non-hydrogen) atoms. The summed E-state index contributed by atoms with van der Waals surface area (Å²) in [5.41, 5.74) is 7.68. The molecule has 2 fully saturated rings. The van der Waals surface area contributed by atoms with E-state index >= 15 is 0 Å². The van der Waals surface area contributed by atoms with Crippen LogP contribution < -0.4 is 10.5 Å². The van der Waals surface area contributed by atoms with E-state index < -0.39 is 0 Å². The van der Waals surface area contributed by atoms with Crippen molar-refractivity contribution in [3.63, 3.8) is 0 Å². The van der Waals surface area contributed by atoms with Crippen molar-refractivity contribution in [2.24, 2.45) is 23.5 Å². The molecule has 0 aliphatic heterocycles. The summed E-state index contributed by atoms with van der Waals surface area (Å²) < 4.78 is 6.71. The smallest absolute Gasteiger partial charge is 0.133 e. The molecule has 2 nitrogen and oxygen atoms in total. The molecule has 0 radical (unpaired) electrons. The van der Waals surface area contributed by atoms with Crippen molar-refractivity contribution >= 4 is 15.9 Å². The molecule has 104 valence electrons. The minimum absolute atomic E-state index is 0.185. The summed E-state index contributed by atoms with van der Waals surface area (Å²) in [5.74, 6) is 3.59. The van der Waals surface area contributed by atoms with Gasteiger partial charge >= 0.3 is 0 Å². The molecule has 1 aromatic rings. The van der Waals surface area contributed by atoms with Crippen LogP contribution in [0.4, 0.5) is 0 Å². The van der Waals surface area contributed by atoms with Crippen LogP contribution in [-0.2, 0) is 0 Å². The molecule has 0 aromatic heterocycles. The fourth-order valence-electron chi connectivity index (χ4n) is 3.38. The lowest BCUT2D eigenvalue weighted by molar-refractivity contribution is 0.315. The van der Waals surface area contributed by atoms with E-state index in [-0.39, 0.29) is 6.04 Å². The van der Waals surface area contributed by atoms with Crippen LogP contribution in [0.3, 0.4) is 0 Å². The molecule has 2 aliphatic carbocycles. The zero-order valence-electron chi connectivity index (χ0n) is 11.4. The van der Waals surface area contributed by atoms with E-state index in [1.54, 1.807) is 0 Å². The van der Waals surface area contributed by atoms with Gasteiger partial charge in [0.15, 0.2) is 0 Å². The fourth-order valence-corrected chi connectivity index (χ4v) is 3.89. The first-order valence-electron chi connectivity index (χ1n) is 7.37. The van der Waals surface area contributed by atoms with Gasteiger partial charge in [-0.15, -0.1) is 0 Å². The molecule has 0 saturated heterocycles. The number of benzene rings is 1. The summed E-state index contributed by atoms with van der Waals surface area (Å²) in [4.78, 5) is 0. The van der Waals surface area contributed by atoms with Crippen molar-refractivity contribution in [2.45, 2.75) is 38.6 Å². The van der Waals surface area contributed by atoms with Crippen molar-refractivity contribution in [3.05, 3.63) is 28.2 Å². The average molecular weight is 324 g/mol. The highest BCUT2D eigenvalue weighted by atomic mass is 79.9. The van der Waals surface area contributed by atoms with Crippen LogP contribution in [0, 0.1) is 17.8 Å². The van der Waals surface area contributed by atoms with Crippen LogP contribution in [0.5, 0.6) is 5.75 Å². The summed E-state index contributed by atoms with van der Waals surface area (Å²) in [5, 5.41) is 0. The van der Waals surface area contributed by atoms with Crippen LogP contribution in [0.1, 0.15) is 44.2 Å². The summed E-state index contributed by atoms with van der Waals surface area (Å²) in [6.07, 6.45) is 5.14. The third kappa shape index (κ3) is 2.82. The van der Waals surface area contributed by atoms with Crippen molar-refractivity contribution in [2.75, 3.05) is 6.61 Å². The largest absolute Gasteiger partial charge is 0.492 e. The first-order chi connectivity index (χ1) is 9.19. The second-order valence-corrected chi connectivity index (χ2v) is 6.91. The van der Waals surface area contributed by atoms with Gasteiger partial charge in [-0.3, -0.25) is 0 Å². The maximum absolute atomic E-state index is 6.44. The third-order valence-corrected chi connectivity index (χ3v) is 5.21. The normalized spacial score (nSPS) is 29.9. The van der Waals surface area contributed by atoms with E-state index in [1.807, 2.05) is 6.07 Å². The van der Waals surface area contributed by atoms with Crippen LogP contribution in [0.15, 0.2) is 22.7 Å². The van der Waals surface area contributed by atoms with Gasteiger partial charge in [-0.2, -0.15) is 0 Å². The van der Waals surface area contributed by atoms with Gasteiger partial charge < -0.3 is 10.5 Å². The molecule has 3 unspecified atom stereocenters. The van der Waals surface area contributed by atoms with Crippen molar-refractivity contribution in [3.8, 4) is 5.75 Å². The zero-order chi connectivity index (χ0) is 13.4. The molecule has 2 aliphatic rings. The lowest BCUT2D eigenvalue weighted by atomic mass is 9.90. The number of hydrogen-bond acceptors (Lipinski definition) is 2. The zero-order valence-corrected chi connectivity index (χ0v) is 13.0. The van der Waals surface area contributed by atoms with Gasteiger partial charge in [0.05, 0.1) is 11.1 Å². The molecule has 0 heterocycles. The SMILES string of the molecule is CCCOc1ccc(C(N)C2CC3CC3C2)cc1Br. The topological polar surface area (TPSA) is 35.2 Å². The molecule has 0 spiro atoms. The molecule has 1 aromatic carbocycles. The molecular weight excluding hydrogens is 302 g/mol. The maximum atomic E-state index is 6.44. The first kappa shape index (κ1) is 13.4. The van der Waals surface area contributed by atoms with E-state index in [2.05, 4.69) is 35.0 Å². The second kappa shape index (κ2) is 5.45. The fraction of sp³-hybridized carbons (Fsp3) is 0.625. The Morgan fingerprint density at radius 1 is 1.32 bits per heavy atom. The van der Waals surface area contributed by atoms with Crippen LogP contribution in [0.2, 0.25) is 0 Å². The van der Waals surface area contributed by atoms with Gasteiger partial charge in [-0.1, -0.05) is 13.0 Å². The molecule has 2 N–H and O–H groups in total. The Kier molecular flexibility index (Phi) is 3.86. The number of ether oxygens (including phenoxy) is 1. The van der Waals surface area contributed by atoms with E-state index in [0.717, 1.165) is 35.1 Å². The standard InChI is InChI=1S/C16H22BrNO/c1-2-5-19-15-4-3-10(9-14(15)17)16(18)13-7-11-6-12(11)8-13/h3-4,9,11-13,16H,2,5-8,18H2,1H3. The van der Waals surface area contributed by atoms with Gasteiger partial charge in [0, 0.05) is 6.04 Å². The molecule has 0 amide bonds. The van der Waals surface area contributed by atoms with Crippen LogP contribution in [0.25, 0.3) is 0 Å². The minimum atomic E-state index is 0.185. The summed E-state index contributed by atoms with van der Waals surface area (Å²) in [7, 11) is 0. The Bertz CT molecular complexity index is 452. The highest BCUT2D eigenvalue weighted by Gasteiger charge is 2.47. The Morgan fingerprint density at radius 2 is 2.05 bits per heavy atom. The summed E-state index contributed by atoms with van der Waals surface area (Å²) in [6.45, 7) is 2.87. The molecular formula is C16H22BrNO. The number of nitrogens with two attached hydrogens (primary N) is 1. The quantitative estimate of drug-likeness (QED) is 0.877. The molecule has 3 heteroatoms. The van der Waals surface area contributed by atoms with Gasteiger partial charge in [0.25, 0.3) is 0 Å². The Labute approximate surface area is 123 Å². The maximum Gasteiger partial charge on any atom is 0.133 e. The van der Waals surface area contributed by atoms with Crippen LogP contribution in [-0.4, -0.2) is 6.61 Å². The molecule has 0 bridgehead atoms. The molecule has 2 saturated carbocycles. The first-order valence-corrected chi connectivity index (χ1v) is 8.16. The van der Waals surface area contributed by atoms with Gasteiger partial charge in [-0.25, -0.2) is 0 Å². The van der Waals surface area contributed by atoms with E-state index in [1.165, 1.54) is 24.8 Å². The van der Waals surface area contributed by atoms with E-state index in [9.17, 15) is 0 Å². The minimum Gasteiger partial charge on any atom is -0.492 e. The summed E-state index contributed by atoms with van der Waals surface area (Å²) in [6, 6.07) is 6.50. The number of rotatable bonds is 5. The summed E-state index contributed by atoms with van der Waals surface area (Å²) >= 11 is 3.59. The number of hydrogen-bond donors (Lipinski definition) is 1. The average Bonchev–Trinajstić information content (AvgIpc) is 3.03. The number of fused-ring (bicyclic) bond motifs is 1. The monoisotopic (exact) mass is 323 g/mol. The Morgan fingerprint density at radius 3 is 2.68 bits per heavy atom. The highest BCUT2D eigenvalue weighted by molar-refractivity contribution is 9.10. The van der Waals surface area contributed by atoms with Gasteiger partial charge in [0.2, 0.25) is 0 Å². The molecule has 3 rings (SSSR count). The van der Waals surface area contributed by atoms with Gasteiger partial charge in [-0.05, 0) is 77.1 Å². The van der Waals surface area contributed by atoms with Crippen molar-refractivity contribution < 1.29 is 4.74 Å². The Hall–Kier alpha value is -0.540. The number of halogens is 1. The van der Waals surface area contributed by atoms with Gasteiger partial charge in [0.1, 0.15) is 5.75 Å². The predicted octanol–water partition coefficient (Wildman–Crippen LogP) is 4.28.